The van der Waals surface area contributed by atoms with Crippen LogP contribution in [0.25, 0.3) is 0 Å². The van der Waals surface area contributed by atoms with Crippen molar-refractivity contribution in [2.24, 2.45) is 0 Å². The Morgan fingerprint density at radius 3 is 2.57 bits per heavy atom. The number of methoxy groups -OCH3 is 1. The third-order valence-electron chi connectivity index (χ3n) is 2.91. The Morgan fingerprint density at radius 1 is 1.30 bits per heavy atom. The van der Waals surface area contributed by atoms with Gasteiger partial charge < -0.3 is 15.4 Å². The lowest BCUT2D eigenvalue weighted by Crippen LogP contribution is -2.22. The molecule has 0 spiro atoms. The van der Waals surface area contributed by atoms with E-state index < -0.39 is 4.92 Å². The van der Waals surface area contributed by atoms with E-state index in [1.807, 2.05) is 6.92 Å². The van der Waals surface area contributed by atoms with Gasteiger partial charge in [-0.2, -0.15) is 0 Å². The van der Waals surface area contributed by atoms with Crippen LogP contribution in [-0.4, -0.2) is 34.6 Å². The highest BCUT2D eigenvalue weighted by molar-refractivity contribution is 6.30. The van der Waals surface area contributed by atoms with Gasteiger partial charge in [0.2, 0.25) is 11.6 Å². The second-order valence-electron chi connectivity index (χ2n) is 4.81. The van der Waals surface area contributed by atoms with Crippen LogP contribution in [0.1, 0.15) is 6.92 Å². The minimum atomic E-state index is -0.528. The predicted molar refractivity (Wildman–Crippen MR) is 88.4 cm³/mol. The molecule has 1 unspecified atom stereocenters. The first-order valence-electron chi connectivity index (χ1n) is 6.78. The molecule has 0 saturated carbocycles. The van der Waals surface area contributed by atoms with Crippen LogP contribution in [0.4, 0.5) is 23.0 Å². The van der Waals surface area contributed by atoms with E-state index in [9.17, 15) is 10.1 Å². The first-order chi connectivity index (χ1) is 11.0. The van der Waals surface area contributed by atoms with Gasteiger partial charge >= 0.3 is 5.69 Å². The van der Waals surface area contributed by atoms with Crippen molar-refractivity contribution < 1.29 is 9.66 Å². The van der Waals surface area contributed by atoms with Crippen LogP contribution in [0, 0.1) is 10.1 Å². The van der Waals surface area contributed by atoms with Crippen molar-refractivity contribution in [1.29, 1.82) is 0 Å². The summed E-state index contributed by atoms with van der Waals surface area (Å²) in [6, 6.07) is 6.62. The monoisotopic (exact) mass is 337 g/mol. The predicted octanol–water partition coefficient (Wildman–Crippen LogP) is 3.23. The molecule has 2 aromatic rings. The van der Waals surface area contributed by atoms with E-state index in [4.69, 9.17) is 16.3 Å². The first kappa shape index (κ1) is 16.9. The Labute approximate surface area is 138 Å². The summed E-state index contributed by atoms with van der Waals surface area (Å²) in [6.07, 6.45) is 1.26. The van der Waals surface area contributed by atoms with E-state index in [1.165, 1.54) is 6.33 Å². The number of halogens is 1. The minimum absolute atomic E-state index is 0.0967. The zero-order valence-corrected chi connectivity index (χ0v) is 13.4. The molecule has 0 bridgehead atoms. The number of hydrogen-bond donors (Lipinski definition) is 2. The van der Waals surface area contributed by atoms with Crippen LogP contribution >= 0.6 is 11.6 Å². The van der Waals surface area contributed by atoms with Gasteiger partial charge in [-0.3, -0.25) is 10.1 Å². The number of nitro groups is 1. The molecule has 2 N–H and O–H groups in total. The smallest absolute Gasteiger partial charge is 0.353 e. The maximum Gasteiger partial charge on any atom is 0.353 e. The summed E-state index contributed by atoms with van der Waals surface area (Å²) in [7, 11) is 1.56. The number of nitrogens with zero attached hydrogens (tertiary/aromatic N) is 3. The van der Waals surface area contributed by atoms with Gasteiger partial charge in [-0.15, -0.1) is 0 Å². The molecule has 2 rings (SSSR count). The molecule has 122 valence electrons. The summed E-state index contributed by atoms with van der Waals surface area (Å²) in [5.74, 6) is 0.227. The van der Waals surface area contributed by atoms with Crippen molar-refractivity contribution in [3.8, 4) is 0 Å². The van der Waals surface area contributed by atoms with Gasteiger partial charge in [0.25, 0.3) is 0 Å². The standard InChI is InChI=1S/C14H16ClN5O3/c1-9(7-23-2)18-13-12(20(21)22)14(17-8-16-13)19-11-5-3-10(15)4-6-11/h3-6,8-9H,7H2,1-2H3,(H2,16,17,18,19). The average molecular weight is 338 g/mol. The zero-order chi connectivity index (χ0) is 16.8. The molecule has 0 amide bonds. The van der Waals surface area contributed by atoms with E-state index in [0.29, 0.717) is 17.3 Å². The van der Waals surface area contributed by atoms with Crippen LogP contribution in [0.3, 0.4) is 0 Å². The number of benzene rings is 1. The van der Waals surface area contributed by atoms with Crippen molar-refractivity contribution in [1.82, 2.24) is 9.97 Å². The van der Waals surface area contributed by atoms with E-state index in [2.05, 4.69) is 20.6 Å². The molecule has 23 heavy (non-hydrogen) atoms. The highest BCUT2D eigenvalue weighted by Gasteiger charge is 2.24. The quantitative estimate of drug-likeness (QED) is 0.590. The van der Waals surface area contributed by atoms with Crippen LogP contribution in [0.15, 0.2) is 30.6 Å². The number of ether oxygens (including phenoxy) is 1. The van der Waals surface area contributed by atoms with Crippen LogP contribution in [0.5, 0.6) is 0 Å². The van der Waals surface area contributed by atoms with Gasteiger partial charge in [0.05, 0.1) is 11.5 Å². The highest BCUT2D eigenvalue weighted by Crippen LogP contribution is 2.31. The van der Waals surface area contributed by atoms with Gasteiger partial charge in [-0.25, -0.2) is 9.97 Å². The third kappa shape index (κ3) is 4.51. The molecule has 0 saturated heterocycles. The molecule has 8 nitrogen and oxygen atoms in total. The summed E-state index contributed by atoms with van der Waals surface area (Å²) in [5.41, 5.74) is 0.400. The first-order valence-corrected chi connectivity index (χ1v) is 7.16. The highest BCUT2D eigenvalue weighted by atomic mass is 35.5. The number of rotatable bonds is 7. The van der Waals surface area contributed by atoms with Gasteiger partial charge in [0.1, 0.15) is 6.33 Å². The fourth-order valence-electron chi connectivity index (χ4n) is 1.94. The molecule has 0 aliphatic heterocycles. The number of aromatic nitrogens is 2. The lowest BCUT2D eigenvalue weighted by atomic mass is 10.3. The van der Waals surface area contributed by atoms with Gasteiger partial charge in [-0.1, -0.05) is 11.6 Å². The second kappa shape index (κ2) is 7.70. The van der Waals surface area contributed by atoms with E-state index >= 15 is 0 Å². The molecule has 1 aromatic carbocycles. The molecule has 0 aliphatic carbocycles. The van der Waals surface area contributed by atoms with E-state index in [0.717, 1.165) is 0 Å². The number of hydrogen-bond acceptors (Lipinski definition) is 7. The average Bonchev–Trinajstić information content (AvgIpc) is 2.49. The summed E-state index contributed by atoms with van der Waals surface area (Å²) in [4.78, 5) is 18.8. The largest absolute Gasteiger partial charge is 0.383 e. The minimum Gasteiger partial charge on any atom is -0.383 e. The van der Waals surface area contributed by atoms with Crippen molar-refractivity contribution in [3.05, 3.63) is 45.7 Å². The molecule has 0 aliphatic rings. The second-order valence-corrected chi connectivity index (χ2v) is 5.25. The Morgan fingerprint density at radius 2 is 1.96 bits per heavy atom. The SMILES string of the molecule is COCC(C)Nc1ncnc(Nc2ccc(Cl)cc2)c1[N+](=O)[O-]. The fraction of sp³-hybridized carbons (Fsp3) is 0.286. The topological polar surface area (TPSA) is 102 Å². The summed E-state index contributed by atoms with van der Waals surface area (Å²) >= 11 is 5.83. The van der Waals surface area contributed by atoms with E-state index in [1.54, 1.807) is 31.4 Å². The fourth-order valence-corrected chi connectivity index (χ4v) is 2.07. The molecule has 1 aromatic heterocycles. The lowest BCUT2D eigenvalue weighted by molar-refractivity contribution is -0.383. The summed E-state index contributed by atoms with van der Waals surface area (Å²) < 4.78 is 5.01. The normalized spacial score (nSPS) is 11.8. The molecule has 1 heterocycles. The summed E-state index contributed by atoms with van der Waals surface area (Å²) in [6.45, 7) is 2.22. The van der Waals surface area contributed by atoms with Crippen molar-refractivity contribution >= 4 is 34.6 Å². The summed E-state index contributed by atoms with van der Waals surface area (Å²) in [5, 5.41) is 17.8. The van der Waals surface area contributed by atoms with Crippen molar-refractivity contribution in [3.63, 3.8) is 0 Å². The van der Waals surface area contributed by atoms with Crippen molar-refractivity contribution in [2.45, 2.75) is 13.0 Å². The third-order valence-corrected chi connectivity index (χ3v) is 3.16. The van der Waals surface area contributed by atoms with Crippen LogP contribution < -0.4 is 10.6 Å². The van der Waals surface area contributed by atoms with Gasteiger partial charge in [0, 0.05) is 23.9 Å². The molecule has 0 fully saturated rings. The maximum absolute atomic E-state index is 11.4. The lowest BCUT2D eigenvalue weighted by Gasteiger charge is -2.14. The Kier molecular flexibility index (Phi) is 5.67. The maximum atomic E-state index is 11.4. The number of nitrogens with one attached hydrogen (secondary N) is 2. The molecular weight excluding hydrogens is 322 g/mol. The number of anilines is 3. The van der Waals surface area contributed by atoms with Gasteiger partial charge in [-0.05, 0) is 31.2 Å². The van der Waals surface area contributed by atoms with Crippen LogP contribution in [0.2, 0.25) is 5.02 Å². The van der Waals surface area contributed by atoms with Crippen molar-refractivity contribution in [2.75, 3.05) is 24.4 Å². The molecular formula is C14H16ClN5O3. The zero-order valence-electron chi connectivity index (χ0n) is 12.6. The molecule has 9 heteroatoms. The van der Waals surface area contributed by atoms with E-state index in [-0.39, 0.29) is 23.4 Å². The Bertz CT molecular complexity index is 681. The molecule has 1 atom stereocenters. The molecule has 0 radical (unpaired) electrons. The Balaban J connectivity index is 2.31. The Hall–Kier alpha value is -2.45. The van der Waals surface area contributed by atoms with Crippen LogP contribution in [-0.2, 0) is 4.74 Å². The van der Waals surface area contributed by atoms with Gasteiger partial charge in [0.15, 0.2) is 0 Å².